The molecular formula is C15H19N3O2. The van der Waals surface area contributed by atoms with Crippen molar-refractivity contribution in [2.75, 3.05) is 20.3 Å². The summed E-state index contributed by atoms with van der Waals surface area (Å²) in [5.74, 6) is 0. The highest BCUT2D eigenvalue weighted by atomic mass is 16.5. The van der Waals surface area contributed by atoms with Crippen LogP contribution in [-0.4, -0.2) is 47.3 Å². The summed E-state index contributed by atoms with van der Waals surface area (Å²) in [6, 6.07) is 4.44. The third-order valence-electron chi connectivity index (χ3n) is 4.64. The molecule has 0 aromatic carbocycles. The van der Waals surface area contributed by atoms with Gasteiger partial charge in [0.25, 0.3) is 0 Å². The van der Waals surface area contributed by atoms with Gasteiger partial charge in [0.05, 0.1) is 18.8 Å². The van der Waals surface area contributed by atoms with E-state index in [1.807, 2.05) is 13.0 Å². The van der Waals surface area contributed by atoms with Gasteiger partial charge in [0.15, 0.2) is 0 Å². The molecule has 1 aromatic heterocycles. The monoisotopic (exact) mass is 273 g/mol. The number of hydrogen-bond donors (Lipinski definition) is 1. The summed E-state index contributed by atoms with van der Waals surface area (Å²) in [6.45, 7) is 3.19. The molecule has 1 aromatic rings. The van der Waals surface area contributed by atoms with E-state index in [-0.39, 0.29) is 12.1 Å². The van der Waals surface area contributed by atoms with Crippen molar-refractivity contribution in [3.63, 3.8) is 0 Å². The van der Waals surface area contributed by atoms with Crippen molar-refractivity contribution in [2.24, 2.45) is 0 Å². The lowest BCUT2D eigenvalue weighted by Crippen LogP contribution is -2.59. The average molecular weight is 273 g/mol. The van der Waals surface area contributed by atoms with Crippen molar-refractivity contribution in [3.8, 4) is 6.07 Å². The maximum absolute atomic E-state index is 11.0. The number of nitrogens with zero attached hydrogens (tertiary/aromatic N) is 3. The van der Waals surface area contributed by atoms with E-state index < -0.39 is 5.60 Å². The largest absolute Gasteiger partial charge is 0.385 e. The first-order valence-electron chi connectivity index (χ1n) is 6.93. The van der Waals surface area contributed by atoms with Gasteiger partial charge in [-0.1, -0.05) is 0 Å². The molecule has 2 fully saturated rings. The number of rotatable bonds is 1. The second-order valence-electron chi connectivity index (χ2n) is 5.95. The molecule has 5 heteroatoms. The van der Waals surface area contributed by atoms with Gasteiger partial charge in [-0.3, -0.25) is 4.90 Å². The molecular weight excluding hydrogens is 254 g/mol. The smallest absolute Gasteiger partial charge is 0.143 e. The highest BCUT2D eigenvalue weighted by Gasteiger charge is 2.45. The Morgan fingerprint density at radius 2 is 2.10 bits per heavy atom. The maximum Gasteiger partial charge on any atom is 0.143 e. The minimum absolute atomic E-state index is 0.239. The van der Waals surface area contributed by atoms with Crippen LogP contribution in [-0.2, 0) is 10.3 Å². The Hall–Kier alpha value is -1.48. The lowest BCUT2D eigenvalue weighted by molar-refractivity contribution is -0.137. The van der Waals surface area contributed by atoms with Gasteiger partial charge >= 0.3 is 0 Å². The minimum Gasteiger partial charge on any atom is -0.385 e. The van der Waals surface area contributed by atoms with Gasteiger partial charge in [0, 0.05) is 23.8 Å². The standard InChI is InChI=1S/C15H19N3O2/c1-10-3-11(7-17-14(10)6-16)15(19)4-12-8-20-9-13(5-15)18(12)2/h3,7,12-13,19H,4-5,8-9H2,1-2H3. The number of aliphatic hydroxyl groups is 1. The Kier molecular flexibility index (Phi) is 3.25. The molecule has 3 heterocycles. The van der Waals surface area contributed by atoms with E-state index in [0.29, 0.717) is 31.7 Å². The Morgan fingerprint density at radius 3 is 2.65 bits per heavy atom. The number of piperidine rings is 1. The van der Waals surface area contributed by atoms with Crippen molar-refractivity contribution in [1.29, 1.82) is 5.26 Å². The lowest BCUT2D eigenvalue weighted by Gasteiger charge is -2.50. The van der Waals surface area contributed by atoms with E-state index in [1.165, 1.54) is 0 Å². The van der Waals surface area contributed by atoms with Gasteiger partial charge in [-0.15, -0.1) is 0 Å². The summed E-state index contributed by atoms with van der Waals surface area (Å²) in [5.41, 5.74) is 1.20. The quantitative estimate of drug-likeness (QED) is 0.824. The molecule has 2 unspecified atom stereocenters. The van der Waals surface area contributed by atoms with Crippen molar-refractivity contribution in [3.05, 3.63) is 29.1 Å². The molecule has 1 N–H and O–H groups in total. The first-order valence-corrected chi connectivity index (χ1v) is 6.93. The van der Waals surface area contributed by atoms with Crippen molar-refractivity contribution in [1.82, 2.24) is 9.88 Å². The number of aromatic nitrogens is 1. The predicted molar refractivity (Wildman–Crippen MR) is 73.0 cm³/mol. The Balaban J connectivity index is 1.93. The number of pyridine rings is 1. The number of morpholine rings is 1. The molecule has 0 spiro atoms. The number of aryl methyl sites for hydroxylation is 1. The number of ether oxygens (including phenoxy) is 1. The van der Waals surface area contributed by atoms with Crippen LogP contribution in [0.4, 0.5) is 0 Å². The van der Waals surface area contributed by atoms with Crippen LogP contribution >= 0.6 is 0 Å². The SMILES string of the molecule is Cc1cc(C2(O)CC3COCC(C2)N3C)cnc1C#N. The topological polar surface area (TPSA) is 69.4 Å². The lowest BCUT2D eigenvalue weighted by atomic mass is 9.77. The highest BCUT2D eigenvalue weighted by Crippen LogP contribution is 2.40. The van der Waals surface area contributed by atoms with E-state index in [2.05, 4.69) is 23.0 Å². The highest BCUT2D eigenvalue weighted by molar-refractivity contribution is 5.35. The number of nitriles is 1. The van der Waals surface area contributed by atoms with Crippen LogP contribution in [0.1, 0.15) is 29.7 Å². The molecule has 2 aliphatic heterocycles. The van der Waals surface area contributed by atoms with Gasteiger partial charge < -0.3 is 9.84 Å². The molecule has 3 rings (SSSR count). The fourth-order valence-corrected chi connectivity index (χ4v) is 3.32. The van der Waals surface area contributed by atoms with E-state index >= 15 is 0 Å². The Labute approximate surface area is 118 Å². The average Bonchev–Trinajstić information content (AvgIpc) is 2.41. The van der Waals surface area contributed by atoms with Crippen molar-refractivity contribution < 1.29 is 9.84 Å². The molecule has 2 bridgehead atoms. The maximum atomic E-state index is 11.0. The Morgan fingerprint density at radius 1 is 1.45 bits per heavy atom. The Bertz CT molecular complexity index is 553. The number of likely N-dealkylation sites (N-methyl/N-ethyl adjacent to an activating group) is 1. The second kappa shape index (κ2) is 4.81. The first kappa shape index (κ1) is 13.5. The first-order chi connectivity index (χ1) is 9.53. The second-order valence-corrected chi connectivity index (χ2v) is 5.95. The van der Waals surface area contributed by atoms with Crippen LogP contribution in [0.15, 0.2) is 12.3 Å². The van der Waals surface area contributed by atoms with E-state index in [0.717, 1.165) is 11.1 Å². The summed E-state index contributed by atoms with van der Waals surface area (Å²) in [4.78, 5) is 6.47. The molecule has 0 amide bonds. The number of fused-ring (bicyclic) bond motifs is 2. The van der Waals surface area contributed by atoms with Gasteiger partial charge in [-0.25, -0.2) is 4.98 Å². The molecule has 106 valence electrons. The van der Waals surface area contributed by atoms with Crippen LogP contribution in [0.25, 0.3) is 0 Å². The summed E-state index contributed by atoms with van der Waals surface area (Å²) in [5, 5.41) is 20.0. The summed E-state index contributed by atoms with van der Waals surface area (Å²) >= 11 is 0. The molecule has 5 nitrogen and oxygen atoms in total. The third-order valence-corrected chi connectivity index (χ3v) is 4.64. The van der Waals surface area contributed by atoms with Gasteiger partial charge in [-0.05, 0) is 38.4 Å². The molecule has 2 saturated heterocycles. The summed E-state index contributed by atoms with van der Waals surface area (Å²) < 4.78 is 5.58. The van der Waals surface area contributed by atoms with E-state index in [9.17, 15) is 5.11 Å². The molecule has 20 heavy (non-hydrogen) atoms. The third kappa shape index (κ3) is 2.10. The zero-order valence-electron chi connectivity index (χ0n) is 11.8. The zero-order chi connectivity index (χ0) is 14.3. The van der Waals surface area contributed by atoms with Gasteiger partial charge in [-0.2, -0.15) is 5.26 Å². The van der Waals surface area contributed by atoms with Crippen LogP contribution < -0.4 is 0 Å². The fraction of sp³-hybridized carbons (Fsp3) is 0.600. The van der Waals surface area contributed by atoms with Gasteiger partial charge in [0.1, 0.15) is 11.8 Å². The van der Waals surface area contributed by atoms with Crippen molar-refractivity contribution in [2.45, 2.75) is 37.5 Å². The fourth-order valence-electron chi connectivity index (χ4n) is 3.32. The molecule has 2 aliphatic rings. The summed E-state index contributed by atoms with van der Waals surface area (Å²) in [7, 11) is 2.10. The van der Waals surface area contributed by atoms with E-state index in [1.54, 1.807) is 6.20 Å². The summed E-state index contributed by atoms with van der Waals surface area (Å²) in [6.07, 6.45) is 2.94. The molecule has 0 radical (unpaired) electrons. The van der Waals surface area contributed by atoms with Crippen LogP contribution in [0, 0.1) is 18.3 Å². The van der Waals surface area contributed by atoms with Crippen LogP contribution in [0.5, 0.6) is 0 Å². The minimum atomic E-state index is -0.864. The van der Waals surface area contributed by atoms with Crippen LogP contribution in [0.3, 0.4) is 0 Å². The van der Waals surface area contributed by atoms with Crippen LogP contribution in [0.2, 0.25) is 0 Å². The predicted octanol–water partition coefficient (Wildman–Crippen LogP) is 0.942. The molecule has 0 aliphatic carbocycles. The normalized spacial score (nSPS) is 33.7. The zero-order valence-corrected chi connectivity index (χ0v) is 11.8. The molecule has 0 saturated carbocycles. The number of hydrogen-bond acceptors (Lipinski definition) is 5. The van der Waals surface area contributed by atoms with Crippen molar-refractivity contribution >= 4 is 0 Å². The van der Waals surface area contributed by atoms with Gasteiger partial charge in [0.2, 0.25) is 0 Å². The van der Waals surface area contributed by atoms with E-state index in [4.69, 9.17) is 10.00 Å². The molecule has 2 atom stereocenters.